The largest absolute Gasteiger partial charge is 1.00 e. The summed E-state index contributed by atoms with van der Waals surface area (Å²) in [6.45, 7) is 0. The van der Waals surface area contributed by atoms with Crippen LogP contribution in [0.15, 0.2) is 23.1 Å². The van der Waals surface area contributed by atoms with Crippen molar-refractivity contribution in [3.05, 3.63) is 23.2 Å². The average molecular weight is 347 g/mol. The second-order valence-corrected chi connectivity index (χ2v) is 5.65. The van der Waals surface area contributed by atoms with Gasteiger partial charge in [0.05, 0.1) is 15.6 Å². The number of nitrogens with one attached hydrogen (secondary N) is 2. The monoisotopic (exact) mass is 346 g/mol. The van der Waals surface area contributed by atoms with Crippen LogP contribution in [0.4, 0.5) is 5.69 Å². The van der Waals surface area contributed by atoms with Crippen molar-refractivity contribution >= 4 is 37.7 Å². The molecule has 0 aromatic heterocycles. The van der Waals surface area contributed by atoms with E-state index in [-0.39, 0.29) is 69.8 Å². The normalized spacial score (nSPS) is 11.1. The third-order valence-corrected chi connectivity index (χ3v) is 3.19. The van der Waals surface area contributed by atoms with Gasteiger partial charge in [0.25, 0.3) is 0 Å². The first-order valence-corrected chi connectivity index (χ1v) is 7.03. The Kier molecular flexibility index (Phi) is 10.0. The summed E-state index contributed by atoms with van der Waals surface area (Å²) in [6.07, 6.45) is 0. The molecule has 2 N–H and O–H groups in total. The third kappa shape index (κ3) is 8.19. The maximum Gasteiger partial charge on any atom is 1.00 e. The molecule has 8 nitrogen and oxygen atoms in total. The number of hydrazine groups is 1. The van der Waals surface area contributed by atoms with Gasteiger partial charge in [-0.05, 0) is 18.2 Å². The first-order valence-electron chi connectivity index (χ1n) is 3.84. The Hall–Kier alpha value is 1.09. The van der Waals surface area contributed by atoms with Crippen LogP contribution in [0, 0.1) is 0 Å². The van der Waals surface area contributed by atoms with Crippen molar-refractivity contribution in [2.45, 2.75) is 4.90 Å². The second-order valence-electron chi connectivity index (χ2n) is 2.78. The van der Waals surface area contributed by atoms with E-state index in [2.05, 4.69) is 0 Å². The predicted octanol–water partition coefficient (Wildman–Crippen LogP) is -6.37. The van der Waals surface area contributed by atoms with E-state index >= 15 is 0 Å². The molecule has 0 bridgehead atoms. The predicted molar refractivity (Wildman–Crippen MR) is 55.9 cm³/mol. The molecule has 1 aromatic carbocycles. The van der Waals surface area contributed by atoms with Gasteiger partial charge in [0.1, 0.15) is 10.1 Å². The van der Waals surface area contributed by atoms with Crippen molar-refractivity contribution in [2.24, 2.45) is 0 Å². The molecule has 1 aromatic rings. The first-order chi connectivity index (χ1) is 7.59. The number of hydrogen-bond donors (Lipinski definition) is 2. The molecule has 0 spiro atoms. The van der Waals surface area contributed by atoms with E-state index in [0.717, 1.165) is 12.1 Å². The van der Waals surface area contributed by atoms with Crippen LogP contribution >= 0.6 is 11.6 Å². The molecule has 19 heavy (non-hydrogen) atoms. The van der Waals surface area contributed by atoms with E-state index in [0.29, 0.717) is 0 Å². The molecular weight excluding hydrogens is 342 g/mol. The van der Waals surface area contributed by atoms with Crippen LogP contribution in [0.5, 0.6) is 0 Å². The molecule has 0 aliphatic rings. The smallest absolute Gasteiger partial charge is 0.744 e. The maximum atomic E-state index is 10.7. The van der Waals surface area contributed by atoms with Crippen molar-refractivity contribution < 1.29 is 85.1 Å². The number of benzene rings is 1. The van der Waals surface area contributed by atoms with E-state index in [4.69, 9.17) is 11.6 Å². The van der Waals surface area contributed by atoms with Crippen LogP contribution in [0.2, 0.25) is 5.02 Å². The van der Waals surface area contributed by atoms with Gasteiger partial charge in [0.2, 0.25) is 0 Å². The third-order valence-electron chi connectivity index (χ3n) is 1.52. The molecule has 0 atom stereocenters. The van der Waals surface area contributed by atoms with Crippen molar-refractivity contribution in [2.75, 3.05) is 5.43 Å². The van der Waals surface area contributed by atoms with E-state index in [1.165, 1.54) is 10.9 Å². The van der Waals surface area contributed by atoms with Gasteiger partial charge in [-0.2, -0.15) is 0 Å². The standard InChI is InChI=1S/C6H7ClN2O6S2.2Na/c7-5-2-1-4(8-9-17(13,14)15)3-6(5)16(10,11)12;;/h1-3,8-9H,(H,10,11,12)(H,13,14,15);;/q;2*+1/p-2. The summed E-state index contributed by atoms with van der Waals surface area (Å²) in [5.74, 6) is 0. The van der Waals surface area contributed by atoms with Crippen LogP contribution < -0.4 is 69.4 Å². The molecular formula is C6H5ClN2Na2O6S2. The molecule has 13 heteroatoms. The van der Waals surface area contributed by atoms with E-state index in [9.17, 15) is 25.9 Å². The van der Waals surface area contributed by atoms with Crippen LogP contribution in [0.25, 0.3) is 0 Å². The summed E-state index contributed by atoms with van der Waals surface area (Å²) in [4.78, 5) is 0.635. The summed E-state index contributed by atoms with van der Waals surface area (Å²) < 4.78 is 62.9. The van der Waals surface area contributed by atoms with Crippen LogP contribution in [0.3, 0.4) is 0 Å². The molecule has 0 amide bonds. The van der Waals surface area contributed by atoms with E-state index in [1.54, 1.807) is 0 Å². The minimum atomic E-state index is -4.79. The molecule has 0 aliphatic carbocycles. The number of anilines is 1. The molecule has 1 rings (SSSR count). The van der Waals surface area contributed by atoms with Gasteiger partial charge in [-0.1, -0.05) is 11.6 Å². The Morgan fingerprint density at radius 3 is 2.00 bits per heavy atom. The molecule has 0 aliphatic heterocycles. The molecule has 0 saturated heterocycles. The SMILES string of the molecule is O=S(=O)([O-])NNc1ccc(Cl)c(S(=O)(=O)[O-])c1.[Na+].[Na+]. The fraction of sp³-hybridized carbons (Fsp3) is 0. The summed E-state index contributed by atoms with van der Waals surface area (Å²) in [5.41, 5.74) is 1.79. The molecule has 0 heterocycles. The van der Waals surface area contributed by atoms with Crippen LogP contribution in [-0.4, -0.2) is 25.9 Å². The Bertz CT molecular complexity index is 635. The van der Waals surface area contributed by atoms with Gasteiger partial charge in [-0.3, -0.25) is 0 Å². The number of halogens is 1. The average Bonchev–Trinajstić information content (AvgIpc) is 2.13. The molecule has 0 unspecified atom stereocenters. The van der Waals surface area contributed by atoms with Gasteiger partial charge in [-0.15, -0.1) is 4.83 Å². The van der Waals surface area contributed by atoms with Crippen molar-refractivity contribution in [3.63, 3.8) is 0 Å². The quantitative estimate of drug-likeness (QED) is 0.314. The molecule has 0 fully saturated rings. The zero-order valence-electron chi connectivity index (χ0n) is 9.88. The molecule has 0 radical (unpaired) electrons. The van der Waals surface area contributed by atoms with Gasteiger partial charge < -0.3 is 14.5 Å². The fourth-order valence-corrected chi connectivity index (χ4v) is 2.12. The van der Waals surface area contributed by atoms with Gasteiger partial charge in [-0.25, -0.2) is 16.8 Å². The minimum absolute atomic E-state index is 0. The second kappa shape index (κ2) is 8.51. The maximum absolute atomic E-state index is 10.7. The topological polar surface area (TPSA) is 138 Å². The fourth-order valence-electron chi connectivity index (χ4n) is 0.894. The van der Waals surface area contributed by atoms with Gasteiger partial charge in [0.15, 0.2) is 10.3 Å². The zero-order chi connectivity index (χ0) is 13.3. The summed E-state index contributed by atoms with van der Waals surface area (Å²) >= 11 is 5.46. The Labute approximate surface area is 159 Å². The zero-order valence-corrected chi connectivity index (χ0v) is 16.3. The Balaban J connectivity index is 0. The summed E-state index contributed by atoms with van der Waals surface area (Å²) in [6, 6.07) is 3.03. The number of rotatable bonds is 4. The van der Waals surface area contributed by atoms with E-state index < -0.39 is 25.3 Å². The Morgan fingerprint density at radius 2 is 1.58 bits per heavy atom. The first kappa shape index (κ1) is 22.4. The minimum Gasteiger partial charge on any atom is -0.744 e. The summed E-state index contributed by atoms with van der Waals surface area (Å²) in [7, 11) is -9.54. The van der Waals surface area contributed by atoms with Crippen LogP contribution in [0.1, 0.15) is 0 Å². The molecule has 0 saturated carbocycles. The van der Waals surface area contributed by atoms with Gasteiger partial charge >= 0.3 is 59.1 Å². The van der Waals surface area contributed by atoms with Crippen molar-refractivity contribution in [1.82, 2.24) is 4.83 Å². The number of hydrogen-bond acceptors (Lipinski definition) is 7. The van der Waals surface area contributed by atoms with Gasteiger partial charge in [0, 0.05) is 0 Å². The van der Waals surface area contributed by atoms with E-state index in [1.807, 2.05) is 5.43 Å². The molecule has 96 valence electrons. The van der Waals surface area contributed by atoms with Crippen molar-refractivity contribution in [3.8, 4) is 0 Å². The summed E-state index contributed by atoms with van der Waals surface area (Å²) in [5, 5.41) is -0.310. The van der Waals surface area contributed by atoms with Crippen molar-refractivity contribution in [1.29, 1.82) is 0 Å². The Morgan fingerprint density at radius 1 is 1.05 bits per heavy atom. The van der Waals surface area contributed by atoms with Crippen LogP contribution in [-0.2, 0) is 20.4 Å².